The van der Waals surface area contributed by atoms with Gasteiger partial charge in [-0.1, -0.05) is 61.3 Å². The normalized spacial score (nSPS) is 14.6. The fourth-order valence-corrected chi connectivity index (χ4v) is 4.82. The zero-order valence-electron chi connectivity index (χ0n) is 24.3. The Morgan fingerprint density at radius 2 is 1.54 bits per heavy atom. The van der Waals surface area contributed by atoms with E-state index in [1.54, 1.807) is 23.1 Å². The lowest BCUT2D eigenvalue weighted by Crippen LogP contribution is -2.30. The molecule has 1 aliphatic heterocycles. The predicted molar refractivity (Wildman–Crippen MR) is 161 cm³/mol. The SMILES string of the molecule is CCC(C)CN1c2c(O)cccc2C(=O)N(C/C=C(\C)CC/C=C(\C)CCC=C(C)C)c2cc(O)cc(O)c21. The van der Waals surface area contributed by atoms with Gasteiger partial charge in [-0.05, 0) is 71.4 Å². The van der Waals surface area contributed by atoms with E-state index in [1.165, 1.54) is 23.3 Å². The average Bonchev–Trinajstić information content (AvgIpc) is 2.96. The van der Waals surface area contributed by atoms with E-state index in [2.05, 4.69) is 53.7 Å². The van der Waals surface area contributed by atoms with Crippen molar-refractivity contribution in [1.82, 2.24) is 0 Å². The van der Waals surface area contributed by atoms with Crippen LogP contribution in [0.4, 0.5) is 17.1 Å². The number of phenols is 3. The minimum absolute atomic E-state index is 0.0251. The van der Waals surface area contributed by atoms with Crippen LogP contribution in [0.2, 0.25) is 0 Å². The third-order valence-electron chi connectivity index (χ3n) is 7.31. The van der Waals surface area contributed by atoms with Gasteiger partial charge in [0, 0.05) is 25.2 Å². The van der Waals surface area contributed by atoms with Crippen LogP contribution in [0.1, 0.15) is 84.0 Å². The molecule has 2 aromatic carbocycles. The van der Waals surface area contributed by atoms with Crippen LogP contribution in [0.5, 0.6) is 17.2 Å². The Morgan fingerprint density at radius 1 is 0.872 bits per heavy atom. The number of anilines is 3. The molecule has 2 aromatic rings. The minimum atomic E-state index is -0.294. The van der Waals surface area contributed by atoms with E-state index in [1.807, 2.05) is 11.0 Å². The second-order valence-corrected chi connectivity index (χ2v) is 11.0. The Hall–Kier alpha value is -3.67. The first-order chi connectivity index (χ1) is 18.5. The van der Waals surface area contributed by atoms with Gasteiger partial charge < -0.3 is 25.1 Å². The van der Waals surface area contributed by atoms with Crippen LogP contribution >= 0.6 is 0 Å². The van der Waals surface area contributed by atoms with Gasteiger partial charge in [0.15, 0.2) is 0 Å². The fraction of sp³-hybridized carbons (Fsp3) is 0.424. The lowest BCUT2D eigenvalue weighted by Gasteiger charge is -2.30. The third-order valence-corrected chi connectivity index (χ3v) is 7.31. The Balaban J connectivity index is 1.94. The number of fused-ring (bicyclic) bond motifs is 2. The highest BCUT2D eigenvalue weighted by Crippen LogP contribution is 2.50. The van der Waals surface area contributed by atoms with Gasteiger partial charge in [0.05, 0.1) is 16.9 Å². The largest absolute Gasteiger partial charge is 0.508 e. The molecule has 0 aromatic heterocycles. The fourth-order valence-electron chi connectivity index (χ4n) is 4.82. The number of amides is 1. The Kier molecular flexibility index (Phi) is 10.3. The van der Waals surface area contributed by atoms with Crippen LogP contribution in [-0.2, 0) is 0 Å². The lowest BCUT2D eigenvalue weighted by molar-refractivity contribution is 0.0990. The van der Waals surface area contributed by atoms with Crippen molar-refractivity contribution in [3.63, 3.8) is 0 Å². The maximum Gasteiger partial charge on any atom is 0.260 e. The molecular weight excluding hydrogens is 488 g/mol. The summed E-state index contributed by atoms with van der Waals surface area (Å²) < 4.78 is 0. The van der Waals surface area contributed by atoms with Crippen LogP contribution in [0, 0.1) is 5.92 Å². The summed E-state index contributed by atoms with van der Waals surface area (Å²) in [7, 11) is 0. The maximum atomic E-state index is 13.9. The Bertz CT molecular complexity index is 1270. The quantitative estimate of drug-likeness (QED) is 0.253. The second kappa shape index (κ2) is 13.4. The minimum Gasteiger partial charge on any atom is -0.508 e. The molecule has 0 bridgehead atoms. The van der Waals surface area contributed by atoms with E-state index in [0.717, 1.165) is 37.7 Å². The zero-order valence-corrected chi connectivity index (χ0v) is 24.3. The molecule has 1 unspecified atom stereocenters. The van der Waals surface area contributed by atoms with Crippen LogP contribution in [0.15, 0.2) is 65.3 Å². The number of phenolic OH excluding ortho intramolecular Hbond substituents is 3. The summed E-state index contributed by atoms with van der Waals surface area (Å²) in [5, 5.41) is 32.3. The van der Waals surface area contributed by atoms with E-state index < -0.39 is 0 Å². The summed E-state index contributed by atoms with van der Waals surface area (Å²) >= 11 is 0. The Labute approximate surface area is 233 Å². The molecule has 0 saturated carbocycles. The number of carbonyl (C=O) groups excluding carboxylic acids is 1. The molecule has 39 heavy (non-hydrogen) atoms. The molecule has 1 atom stereocenters. The molecular formula is C33H44N2O4. The highest BCUT2D eigenvalue weighted by Gasteiger charge is 2.35. The molecule has 1 amide bonds. The zero-order chi connectivity index (χ0) is 28.7. The maximum absolute atomic E-state index is 13.9. The van der Waals surface area contributed by atoms with E-state index in [0.29, 0.717) is 29.2 Å². The van der Waals surface area contributed by atoms with Gasteiger partial charge in [0.2, 0.25) is 0 Å². The van der Waals surface area contributed by atoms with Gasteiger partial charge in [-0.3, -0.25) is 4.79 Å². The number of para-hydroxylation sites is 1. The summed E-state index contributed by atoms with van der Waals surface area (Å²) in [4.78, 5) is 17.3. The molecule has 210 valence electrons. The van der Waals surface area contributed by atoms with Gasteiger partial charge >= 0.3 is 0 Å². The molecule has 0 radical (unpaired) electrons. The molecule has 0 spiro atoms. The smallest absolute Gasteiger partial charge is 0.260 e. The van der Waals surface area contributed by atoms with Crippen molar-refractivity contribution < 1.29 is 20.1 Å². The van der Waals surface area contributed by atoms with E-state index in [4.69, 9.17) is 0 Å². The number of nitrogens with zero attached hydrogens (tertiary/aromatic N) is 2. The van der Waals surface area contributed by atoms with E-state index in [-0.39, 0.29) is 35.6 Å². The number of rotatable bonds is 11. The summed E-state index contributed by atoms with van der Waals surface area (Å²) in [5.41, 5.74) is 5.42. The molecule has 3 rings (SSSR count). The monoisotopic (exact) mass is 532 g/mol. The summed E-state index contributed by atoms with van der Waals surface area (Å²) in [6.07, 6.45) is 11.4. The van der Waals surface area contributed by atoms with Crippen LogP contribution in [0.3, 0.4) is 0 Å². The molecule has 1 aliphatic rings. The molecule has 0 aliphatic carbocycles. The van der Waals surface area contributed by atoms with Gasteiger partial charge in [0.25, 0.3) is 5.91 Å². The lowest BCUT2D eigenvalue weighted by atomic mass is 10.0. The number of benzene rings is 2. The molecule has 6 heteroatoms. The van der Waals surface area contributed by atoms with Crippen molar-refractivity contribution in [3.8, 4) is 17.2 Å². The van der Waals surface area contributed by atoms with Crippen LogP contribution in [-0.4, -0.2) is 34.3 Å². The number of hydrogen-bond donors (Lipinski definition) is 3. The van der Waals surface area contributed by atoms with Crippen LogP contribution < -0.4 is 9.80 Å². The first-order valence-electron chi connectivity index (χ1n) is 13.9. The van der Waals surface area contributed by atoms with E-state index >= 15 is 0 Å². The number of aromatic hydroxyl groups is 3. The van der Waals surface area contributed by atoms with Gasteiger partial charge in [-0.15, -0.1) is 0 Å². The molecule has 3 N–H and O–H groups in total. The number of allylic oxidation sites excluding steroid dienone is 5. The van der Waals surface area contributed by atoms with Crippen molar-refractivity contribution in [2.24, 2.45) is 5.92 Å². The first kappa shape index (κ1) is 29.9. The van der Waals surface area contributed by atoms with Crippen molar-refractivity contribution in [2.45, 2.75) is 73.6 Å². The highest BCUT2D eigenvalue weighted by atomic mass is 16.3. The summed E-state index contributed by atoms with van der Waals surface area (Å²) in [6.45, 7) is 13.4. The molecule has 6 nitrogen and oxygen atoms in total. The van der Waals surface area contributed by atoms with Crippen molar-refractivity contribution in [2.75, 3.05) is 22.9 Å². The number of hydrogen-bond acceptors (Lipinski definition) is 5. The average molecular weight is 533 g/mol. The topological polar surface area (TPSA) is 84.2 Å². The van der Waals surface area contributed by atoms with Crippen molar-refractivity contribution in [3.05, 3.63) is 70.8 Å². The van der Waals surface area contributed by atoms with Crippen molar-refractivity contribution >= 4 is 23.0 Å². The first-order valence-corrected chi connectivity index (χ1v) is 13.9. The molecule has 1 heterocycles. The summed E-state index contributed by atoms with van der Waals surface area (Å²) in [6, 6.07) is 7.72. The van der Waals surface area contributed by atoms with E-state index in [9.17, 15) is 20.1 Å². The summed E-state index contributed by atoms with van der Waals surface area (Å²) in [5.74, 6) is -0.365. The number of carbonyl (C=O) groups is 1. The van der Waals surface area contributed by atoms with Gasteiger partial charge in [-0.25, -0.2) is 0 Å². The second-order valence-electron chi connectivity index (χ2n) is 11.0. The third kappa shape index (κ3) is 7.47. The standard InChI is InChI=1S/C33H44N2O4/c1-7-23(4)21-35-31-27(15-10-16-29(31)37)33(39)34(28-19-26(36)20-30(38)32(28)35)18-17-25(6)14-9-13-24(5)12-8-11-22(2)3/h10-11,13,15-17,19-20,23,36-38H,7-9,12,14,18,21H2,1-6H3/b24-13+,25-17+. The highest BCUT2D eigenvalue weighted by molar-refractivity contribution is 6.15. The van der Waals surface area contributed by atoms with Gasteiger partial charge in [-0.2, -0.15) is 0 Å². The van der Waals surface area contributed by atoms with Gasteiger partial charge in [0.1, 0.15) is 22.9 Å². The van der Waals surface area contributed by atoms with Crippen LogP contribution in [0.25, 0.3) is 0 Å². The predicted octanol–water partition coefficient (Wildman–Crippen LogP) is 8.37. The molecule has 0 fully saturated rings. The van der Waals surface area contributed by atoms with Crippen molar-refractivity contribution in [1.29, 1.82) is 0 Å². The Morgan fingerprint density at radius 3 is 2.21 bits per heavy atom. The molecule has 0 saturated heterocycles.